The number of ether oxygens (including phenoxy) is 2. The van der Waals surface area contributed by atoms with Gasteiger partial charge in [0.05, 0.1) is 17.9 Å². The summed E-state index contributed by atoms with van der Waals surface area (Å²) in [6.45, 7) is 2.91. The summed E-state index contributed by atoms with van der Waals surface area (Å²) in [5.41, 5.74) is 4.31. The first-order chi connectivity index (χ1) is 17.7. The van der Waals surface area contributed by atoms with Crippen LogP contribution in [0.25, 0.3) is 0 Å². The number of nitrogens with zero attached hydrogens (tertiary/aromatic N) is 3. The van der Waals surface area contributed by atoms with E-state index in [0.717, 1.165) is 24.2 Å². The van der Waals surface area contributed by atoms with Crippen LogP contribution in [0.5, 0.6) is 11.5 Å². The molecule has 7 heteroatoms. The van der Waals surface area contributed by atoms with Gasteiger partial charge in [0.15, 0.2) is 11.5 Å². The molecule has 1 saturated heterocycles. The van der Waals surface area contributed by atoms with E-state index < -0.39 is 6.10 Å². The molecule has 3 aromatic carbocycles. The van der Waals surface area contributed by atoms with Crippen LogP contribution in [0.3, 0.4) is 0 Å². The Morgan fingerprint density at radius 1 is 0.750 bits per heavy atom. The highest BCUT2D eigenvalue weighted by Gasteiger charge is 2.34. The lowest BCUT2D eigenvalue weighted by Crippen LogP contribution is -2.55. The van der Waals surface area contributed by atoms with Crippen LogP contribution in [0, 0.1) is 0 Å². The zero-order valence-electron chi connectivity index (χ0n) is 20.1. The SMILES string of the molecule is O=C([C@H]1COc2ccccc2O1)N1CCN(CC(=O)N2c3ccccc3CCc3ccccc32)CC1. The number of fused-ring (bicyclic) bond motifs is 3. The zero-order chi connectivity index (χ0) is 24.5. The molecule has 6 rings (SSSR count). The van der Waals surface area contributed by atoms with Crippen molar-refractivity contribution in [3.05, 3.63) is 83.9 Å². The highest BCUT2D eigenvalue weighted by Crippen LogP contribution is 2.36. The lowest BCUT2D eigenvalue weighted by molar-refractivity contribution is -0.143. The molecule has 3 aliphatic rings. The Labute approximate surface area is 210 Å². The van der Waals surface area contributed by atoms with Crippen LogP contribution < -0.4 is 14.4 Å². The standard InChI is InChI=1S/C29H29N3O4/c33-28(32-23-9-3-1-7-21(23)13-14-22-8-2-4-10-24(22)32)19-30-15-17-31(18-16-30)29(34)27-20-35-25-11-5-6-12-26(25)36-27/h1-12,27H,13-20H2/t27-/m1/s1. The van der Waals surface area contributed by atoms with E-state index in [1.54, 1.807) is 0 Å². The quantitative estimate of drug-likeness (QED) is 0.571. The number of hydrogen-bond acceptors (Lipinski definition) is 5. The Bertz CT molecular complexity index is 1240. The predicted octanol–water partition coefficient (Wildman–Crippen LogP) is 3.43. The third-order valence-corrected chi connectivity index (χ3v) is 7.20. The van der Waals surface area contributed by atoms with Crippen LogP contribution in [-0.2, 0) is 22.4 Å². The fourth-order valence-electron chi connectivity index (χ4n) is 5.28. The van der Waals surface area contributed by atoms with Crippen LogP contribution in [0.15, 0.2) is 72.8 Å². The minimum Gasteiger partial charge on any atom is -0.485 e. The van der Waals surface area contributed by atoms with Crippen molar-refractivity contribution in [1.82, 2.24) is 9.80 Å². The molecule has 0 unspecified atom stereocenters. The third-order valence-electron chi connectivity index (χ3n) is 7.20. The van der Waals surface area contributed by atoms with Crippen molar-refractivity contribution in [2.75, 3.05) is 44.2 Å². The number of benzene rings is 3. The van der Waals surface area contributed by atoms with Crippen molar-refractivity contribution in [1.29, 1.82) is 0 Å². The Morgan fingerprint density at radius 2 is 1.33 bits per heavy atom. The molecule has 3 aromatic rings. The molecule has 0 aliphatic carbocycles. The monoisotopic (exact) mass is 483 g/mol. The van der Waals surface area contributed by atoms with Crippen LogP contribution in [-0.4, -0.2) is 67.0 Å². The van der Waals surface area contributed by atoms with Crippen molar-refractivity contribution in [2.24, 2.45) is 0 Å². The number of anilines is 2. The molecular formula is C29H29N3O4. The Hall–Kier alpha value is -3.84. The maximum atomic E-state index is 13.7. The fraction of sp³-hybridized carbons (Fsp3) is 0.310. The number of para-hydroxylation sites is 4. The van der Waals surface area contributed by atoms with Crippen LogP contribution in [0.1, 0.15) is 11.1 Å². The van der Waals surface area contributed by atoms with Gasteiger partial charge in [-0.05, 0) is 48.2 Å². The molecule has 0 aromatic heterocycles. The van der Waals surface area contributed by atoms with Crippen molar-refractivity contribution in [3.8, 4) is 11.5 Å². The second kappa shape index (κ2) is 9.66. The van der Waals surface area contributed by atoms with E-state index in [1.807, 2.05) is 70.5 Å². The molecule has 1 fully saturated rings. The number of amides is 2. The first kappa shape index (κ1) is 22.6. The van der Waals surface area contributed by atoms with E-state index in [0.29, 0.717) is 44.2 Å². The summed E-state index contributed by atoms with van der Waals surface area (Å²) in [5.74, 6) is 1.26. The highest BCUT2D eigenvalue weighted by molar-refractivity contribution is 6.03. The molecule has 184 valence electrons. The van der Waals surface area contributed by atoms with Crippen LogP contribution in [0.4, 0.5) is 11.4 Å². The van der Waals surface area contributed by atoms with Crippen molar-refractivity contribution in [2.45, 2.75) is 18.9 Å². The van der Waals surface area contributed by atoms with E-state index in [-0.39, 0.29) is 18.4 Å². The van der Waals surface area contributed by atoms with Gasteiger partial charge in [-0.2, -0.15) is 0 Å². The molecular weight excluding hydrogens is 454 g/mol. The summed E-state index contributed by atoms with van der Waals surface area (Å²) in [6, 6.07) is 23.8. The van der Waals surface area contributed by atoms with Gasteiger partial charge < -0.3 is 14.4 Å². The smallest absolute Gasteiger partial charge is 0.267 e. The van der Waals surface area contributed by atoms with Crippen molar-refractivity contribution in [3.63, 3.8) is 0 Å². The van der Waals surface area contributed by atoms with Gasteiger partial charge in [-0.1, -0.05) is 48.5 Å². The minimum atomic E-state index is -0.641. The maximum absolute atomic E-state index is 13.7. The summed E-state index contributed by atoms with van der Waals surface area (Å²) >= 11 is 0. The summed E-state index contributed by atoms with van der Waals surface area (Å²) in [7, 11) is 0. The number of rotatable bonds is 3. The van der Waals surface area contributed by atoms with Gasteiger partial charge in [-0.25, -0.2) is 0 Å². The Balaban J connectivity index is 1.11. The van der Waals surface area contributed by atoms with Crippen molar-refractivity contribution >= 4 is 23.2 Å². The number of carbonyl (C=O) groups is 2. The second-order valence-corrected chi connectivity index (χ2v) is 9.45. The zero-order valence-corrected chi connectivity index (χ0v) is 20.1. The molecule has 2 amide bonds. The van der Waals surface area contributed by atoms with Gasteiger partial charge in [0.25, 0.3) is 5.91 Å². The number of carbonyl (C=O) groups excluding carboxylic acids is 2. The topological polar surface area (TPSA) is 62.3 Å². The molecule has 0 saturated carbocycles. The molecule has 0 radical (unpaired) electrons. The molecule has 0 spiro atoms. The average molecular weight is 484 g/mol. The maximum Gasteiger partial charge on any atom is 0.267 e. The molecule has 3 heterocycles. The van der Waals surface area contributed by atoms with Gasteiger partial charge in [-0.15, -0.1) is 0 Å². The van der Waals surface area contributed by atoms with E-state index in [4.69, 9.17) is 9.47 Å². The van der Waals surface area contributed by atoms with E-state index in [1.165, 1.54) is 11.1 Å². The van der Waals surface area contributed by atoms with Crippen molar-refractivity contribution < 1.29 is 19.1 Å². The number of hydrogen-bond donors (Lipinski definition) is 0. The summed E-state index contributed by atoms with van der Waals surface area (Å²) in [4.78, 5) is 32.6. The summed E-state index contributed by atoms with van der Waals surface area (Å²) in [5, 5.41) is 0. The van der Waals surface area contributed by atoms with Gasteiger partial charge in [-0.3, -0.25) is 19.4 Å². The van der Waals surface area contributed by atoms with E-state index >= 15 is 0 Å². The predicted molar refractivity (Wildman–Crippen MR) is 137 cm³/mol. The third kappa shape index (κ3) is 4.31. The summed E-state index contributed by atoms with van der Waals surface area (Å²) < 4.78 is 11.6. The largest absolute Gasteiger partial charge is 0.485 e. The molecule has 7 nitrogen and oxygen atoms in total. The van der Waals surface area contributed by atoms with E-state index in [9.17, 15) is 9.59 Å². The molecule has 1 atom stereocenters. The molecule has 0 bridgehead atoms. The minimum absolute atomic E-state index is 0.0530. The Morgan fingerprint density at radius 3 is 2.00 bits per heavy atom. The van der Waals surface area contributed by atoms with Crippen LogP contribution >= 0.6 is 0 Å². The van der Waals surface area contributed by atoms with Crippen LogP contribution in [0.2, 0.25) is 0 Å². The second-order valence-electron chi connectivity index (χ2n) is 9.45. The van der Waals surface area contributed by atoms with Gasteiger partial charge in [0, 0.05) is 26.2 Å². The Kier molecular flexibility index (Phi) is 6.07. The first-order valence-electron chi connectivity index (χ1n) is 12.6. The van der Waals surface area contributed by atoms with Gasteiger partial charge in [0.1, 0.15) is 6.61 Å². The average Bonchev–Trinajstić information content (AvgIpc) is 3.10. The molecule has 3 aliphatic heterocycles. The highest BCUT2D eigenvalue weighted by atomic mass is 16.6. The van der Waals surface area contributed by atoms with Gasteiger partial charge >= 0.3 is 0 Å². The fourth-order valence-corrected chi connectivity index (χ4v) is 5.28. The summed E-state index contributed by atoms with van der Waals surface area (Å²) in [6.07, 6.45) is 1.18. The lowest BCUT2D eigenvalue weighted by atomic mass is 10.0. The first-order valence-corrected chi connectivity index (χ1v) is 12.6. The molecule has 36 heavy (non-hydrogen) atoms. The normalized spacial score (nSPS) is 19.2. The lowest BCUT2D eigenvalue weighted by Gasteiger charge is -2.37. The van der Waals surface area contributed by atoms with Gasteiger partial charge in [0.2, 0.25) is 12.0 Å². The number of aryl methyl sites for hydroxylation is 2. The van der Waals surface area contributed by atoms with E-state index in [2.05, 4.69) is 17.0 Å². The molecule has 0 N–H and O–H groups in total. The number of piperazine rings is 1.